The van der Waals surface area contributed by atoms with Crippen molar-refractivity contribution in [2.24, 2.45) is 5.73 Å². The first-order chi connectivity index (χ1) is 7.91. The number of rotatable bonds is 5. The summed E-state index contributed by atoms with van der Waals surface area (Å²) in [6.45, 7) is 1.48. The molecule has 7 nitrogen and oxygen atoms in total. The minimum atomic E-state index is -1.14. The molecule has 5 N–H and O–H groups in total. The van der Waals surface area contributed by atoms with E-state index in [1.54, 1.807) is 0 Å². The van der Waals surface area contributed by atoms with Crippen molar-refractivity contribution >= 4 is 24.5 Å². The maximum absolute atomic E-state index is 11.3. The van der Waals surface area contributed by atoms with Gasteiger partial charge in [0, 0.05) is 6.42 Å². The molecule has 0 aliphatic rings. The number of carboxylic acid groups (broad SMARTS) is 1. The molecule has 17 heavy (non-hydrogen) atoms. The lowest BCUT2D eigenvalue weighted by Crippen LogP contribution is -2.48. The Hall–Kier alpha value is -1.54. The highest BCUT2D eigenvalue weighted by Gasteiger charge is 2.23. The van der Waals surface area contributed by atoms with Gasteiger partial charge in [0.05, 0.1) is 18.1 Å². The summed E-state index contributed by atoms with van der Waals surface area (Å²) in [5.41, 5.74) is 5.89. The van der Waals surface area contributed by atoms with Crippen molar-refractivity contribution in [2.75, 3.05) is 0 Å². The average Bonchev–Trinajstić information content (AvgIpc) is 2.62. The molecular formula is C9H14N4O3S. The van der Waals surface area contributed by atoms with E-state index >= 15 is 0 Å². The molecule has 0 spiro atoms. The van der Waals surface area contributed by atoms with Gasteiger partial charge >= 0.3 is 5.97 Å². The van der Waals surface area contributed by atoms with Crippen LogP contribution in [0.15, 0.2) is 11.4 Å². The topological polar surface area (TPSA) is 121 Å². The lowest BCUT2D eigenvalue weighted by atomic mass is 10.1. The Morgan fingerprint density at radius 2 is 2.35 bits per heavy atom. The Morgan fingerprint density at radius 3 is 2.76 bits per heavy atom. The number of carbonyl (C=O) groups is 2. The molecule has 1 amide bonds. The predicted molar refractivity (Wildman–Crippen MR) is 62.8 cm³/mol. The number of amides is 1. The van der Waals surface area contributed by atoms with Crippen LogP contribution in [0.5, 0.6) is 0 Å². The molecule has 2 atom stereocenters. The minimum absolute atomic E-state index is 0.0760. The molecule has 0 fully saturated rings. The van der Waals surface area contributed by atoms with Crippen molar-refractivity contribution in [2.45, 2.75) is 30.5 Å². The van der Waals surface area contributed by atoms with Gasteiger partial charge in [0.15, 0.2) is 0 Å². The standard InChI is InChI=1S/C9H14N4O3S/c1-4(10)7(14)13-6(9(15)16)2-5-8(17)12-3-11-5/h3-4,6,17H,2,10H2,1H3,(H,11,12)(H,13,14)(H,15,16)/t4-,6-/m0/s1. The van der Waals surface area contributed by atoms with E-state index < -0.39 is 24.0 Å². The maximum Gasteiger partial charge on any atom is 0.326 e. The van der Waals surface area contributed by atoms with Crippen molar-refractivity contribution in [3.8, 4) is 0 Å². The number of carbonyl (C=O) groups excluding carboxylic acids is 1. The monoisotopic (exact) mass is 258 g/mol. The van der Waals surface area contributed by atoms with E-state index in [1.165, 1.54) is 13.3 Å². The molecule has 0 radical (unpaired) electrons. The summed E-state index contributed by atoms with van der Waals surface area (Å²) >= 11 is 4.05. The van der Waals surface area contributed by atoms with Crippen molar-refractivity contribution < 1.29 is 14.7 Å². The van der Waals surface area contributed by atoms with E-state index in [1.807, 2.05) is 0 Å². The fourth-order valence-corrected chi connectivity index (χ4v) is 1.38. The van der Waals surface area contributed by atoms with Crippen LogP contribution in [-0.2, 0) is 16.0 Å². The number of hydrogen-bond acceptors (Lipinski definition) is 5. The maximum atomic E-state index is 11.3. The number of H-pyrrole nitrogens is 1. The molecule has 8 heteroatoms. The van der Waals surface area contributed by atoms with E-state index in [4.69, 9.17) is 10.8 Å². The summed E-state index contributed by atoms with van der Waals surface area (Å²) in [5.74, 6) is -1.65. The minimum Gasteiger partial charge on any atom is -0.480 e. The highest BCUT2D eigenvalue weighted by Crippen LogP contribution is 2.10. The van der Waals surface area contributed by atoms with Gasteiger partial charge in [-0.15, -0.1) is 12.6 Å². The number of carboxylic acids is 1. The summed E-state index contributed by atoms with van der Waals surface area (Å²) in [6.07, 6.45) is 1.48. The Morgan fingerprint density at radius 1 is 1.71 bits per heavy atom. The summed E-state index contributed by atoms with van der Waals surface area (Å²) in [4.78, 5) is 28.9. The first kappa shape index (κ1) is 13.5. The number of nitrogens with one attached hydrogen (secondary N) is 2. The number of aromatic amines is 1. The molecule has 0 aliphatic carbocycles. The van der Waals surface area contributed by atoms with Gasteiger partial charge in [0.2, 0.25) is 5.91 Å². The molecule has 94 valence electrons. The molecule has 1 aromatic heterocycles. The Bertz CT molecular complexity index is 418. The largest absolute Gasteiger partial charge is 0.480 e. The van der Waals surface area contributed by atoms with Gasteiger partial charge in [-0.1, -0.05) is 0 Å². The second-order valence-corrected chi connectivity index (χ2v) is 4.02. The Labute approximate surface area is 103 Å². The highest BCUT2D eigenvalue weighted by atomic mass is 32.1. The smallest absolute Gasteiger partial charge is 0.326 e. The average molecular weight is 258 g/mol. The molecular weight excluding hydrogens is 244 g/mol. The molecule has 1 rings (SSSR count). The van der Waals surface area contributed by atoms with E-state index in [2.05, 4.69) is 27.9 Å². The molecule has 1 aromatic rings. The van der Waals surface area contributed by atoms with Crippen LogP contribution in [0.25, 0.3) is 0 Å². The molecule has 0 aromatic carbocycles. The van der Waals surface area contributed by atoms with E-state index in [9.17, 15) is 9.59 Å². The lowest BCUT2D eigenvalue weighted by Gasteiger charge is -2.15. The first-order valence-electron chi connectivity index (χ1n) is 4.91. The first-order valence-corrected chi connectivity index (χ1v) is 5.36. The third kappa shape index (κ3) is 3.75. The van der Waals surface area contributed by atoms with E-state index in [0.717, 1.165) is 0 Å². The van der Waals surface area contributed by atoms with Crippen molar-refractivity contribution in [3.05, 3.63) is 12.0 Å². The fourth-order valence-electron chi connectivity index (χ4n) is 1.17. The molecule has 0 bridgehead atoms. The fraction of sp³-hybridized carbons (Fsp3) is 0.444. The van der Waals surface area contributed by atoms with Gasteiger partial charge in [0.25, 0.3) is 0 Å². The van der Waals surface area contributed by atoms with E-state index in [0.29, 0.717) is 10.7 Å². The number of nitrogens with two attached hydrogens (primary N) is 1. The van der Waals surface area contributed by atoms with Crippen LogP contribution in [0.2, 0.25) is 0 Å². The zero-order valence-corrected chi connectivity index (χ0v) is 10.1. The second kappa shape index (κ2) is 5.69. The van der Waals surface area contributed by atoms with Crippen LogP contribution in [0.1, 0.15) is 12.6 Å². The summed E-state index contributed by atoms with van der Waals surface area (Å²) in [6, 6.07) is -1.81. The number of imidazole rings is 1. The van der Waals surface area contributed by atoms with Crippen molar-refractivity contribution in [1.29, 1.82) is 0 Å². The van der Waals surface area contributed by atoms with Crippen LogP contribution in [-0.4, -0.2) is 39.0 Å². The van der Waals surface area contributed by atoms with Crippen LogP contribution < -0.4 is 11.1 Å². The van der Waals surface area contributed by atoms with Crippen LogP contribution in [0.3, 0.4) is 0 Å². The number of aromatic nitrogens is 2. The Kier molecular flexibility index (Phi) is 4.53. The second-order valence-electron chi connectivity index (χ2n) is 3.60. The summed E-state index contributed by atoms with van der Waals surface area (Å²) in [7, 11) is 0. The van der Waals surface area contributed by atoms with Crippen LogP contribution >= 0.6 is 12.6 Å². The van der Waals surface area contributed by atoms with Gasteiger partial charge in [-0.3, -0.25) is 4.79 Å². The Balaban J connectivity index is 2.71. The zero-order valence-electron chi connectivity index (χ0n) is 9.17. The highest BCUT2D eigenvalue weighted by molar-refractivity contribution is 7.80. The van der Waals surface area contributed by atoms with Gasteiger partial charge < -0.3 is 21.1 Å². The van der Waals surface area contributed by atoms with Gasteiger partial charge in [-0.05, 0) is 6.92 Å². The van der Waals surface area contributed by atoms with Crippen molar-refractivity contribution in [1.82, 2.24) is 15.3 Å². The van der Waals surface area contributed by atoms with Crippen molar-refractivity contribution in [3.63, 3.8) is 0 Å². The van der Waals surface area contributed by atoms with E-state index in [-0.39, 0.29) is 6.42 Å². The molecule has 0 unspecified atom stereocenters. The lowest BCUT2D eigenvalue weighted by molar-refractivity contribution is -0.141. The van der Waals surface area contributed by atoms with Gasteiger partial charge in [-0.2, -0.15) is 0 Å². The number of nitrogens with zero attached hydrogens (tertiary/aromatic N) is 1. The number of thiol groups is 1. The molecule has 0 aliphatic heterocycles. The SMILES string of the molecule is C[C@H](N)C(=O)N[C@@H](Cc1[nH]cnc1S)C(=O)O. The van der Waals surface area contributed by atoms with Crippen LogP contribution in [0.4, 0.5) is 0 Å². The third-order valence-electron chi connectivity index (χ3n) is 2.13. The molecule has 0 saturated heterocycles. The zero-order chi connectivity index (χ0) is 13.0. The normalized spacial score (nSPS) is 14.1. The molecule has 1 heterocycles. The summed E-state index contributed by atoms with van der Waals surface area (Å²) < 4.78 is 0. The molecule has 0 saturated carbocycles. The number of hydrogen-bond donors (Lipinski definition) is 5. The van der Waals surface area contributed by atoms with Crippen LogP contribution in [0, 0.1) is 0 Å². The quantitative estimate of drug-likeness (QED) is 0.441. The van der Waals surface area contributed by atoms with Gasteiger partial charge in [-0.25, -0.2) is 9.78 Å². The number of aliphatic carboxylic acids is 1. The van der Waals surface area contributed by atoms with Gasteiger partial charge in [0.1, 0.15) is 11.1 Å². The third-order valence-corrected chi connectivity index (χ3v) is 2.52. The predicted octanol–water partition coefficient (Wildman–Crippen LogP) is -0.842. The summed E-state index contributed by atoms with van der Waals surface area (Å²) in [5, 5.41) is 11.7.